The molecule has 4 aromatic heterocycles. The molecule has 8 nitrogen and oxygen atoms in total. The van der Waals surface area contributed by atoms with E-state index in [9.17, 15) is 9.50 Å². The number of hydrogen-bond donors (Lipinski definition) is 4. The average molecular weight is 492 g/mol. The van der Waals surface area contributed by atoms with Crippen LogP contribution in [0.3, 0.4) is 0 Å². The number of rotatable bonds is 6. The van der Waals surface area contributed by atoms with Gasteiger partial charge in [-0.25, -0.2) is 9.37 Å². The number of hydrogen-bond acceptors (Lipinski definition) is 6. The molecule has 1 atom stereocenters. The van der Waals surface area contributed by atoms with E-state index in [0.29, 0.717) is 34.2 Å². The zero-order chi connectivity index (χ0) is 24.9. The highest BCUT2D eigenvalue weighted by atomic mass is 19.1. The largest absolute Gasteiger partial charge is 0.374 e. The van der Waals surface area contributed by atoms with Gasteiger partial charge >= 0.3 is 0 Å². The molecule has 4 heterocycles. The Morgan fingerprint density at radius 1 is 0.946 bits per heavy atom. The Morgan fingerprint density at radius 3 is 2.73 bits per heavy atom. The molecule has 0 radical (unpaired) electrons. The predicted molar refractivity (Wildman–Crippen MR) is 140 cm³/mol. The number of aliphatic hydroxyl groups excluding tert-OH is 1. The first-order chi connectivity index (χ1) is 18.1. The molecule has 2 aromatic carbocycles. The molecule has 0 amide bonds. The van der Waals surface area contributed by atoms with Crippen LogP contribution in [0, 0.1) is 11.7 Å². The molecule has 4 N–H and O–H groups in total. The number of pyridine rings is 2. The number of anilines is 1. The maximum absolute atomic E-state index is 13.9. The number of imidazole rings is 1. The third kappa shape index (κ3) is 3.99. The van der Waals surface area contributed by atoms with Crippen LogP contribution in [0.1, 0.15) is 12.8 Å². The molecule has 1 unspecified atom stereocenters. The molecule has 0 spiro atoms. The zero-order valence-electron chi connectivity index (χ0n) is 19.6. The number of halogens is 1. The predicted octanol–water partition coefficient (Wildman–Crippen LogP) is 5.51. The molecule has 7 rings (SSSR count). The van der Waals surface area contributed by atoms with Gasteiger partial charge in [0.05, 0.1) is 28.6 Å². The van der Waals surface area contributed by atoms with Gasteiger partial charge in [-0.2, -0.15) is 5.10 Å². The molecule has 9 heteroatoms. The lowest BCUT2D eigenvalue weighted by Gasteiger charge is -2.13. The van der Waals surface area contributed by atoms with E-state index in [1.807, 2.05) is 36.4 Å². The Balaban J connectivity index is 1.28. The van der Waals surface area contributed by atoms with E-state index < -0.39 is 6.23 Å². The smallest absolute Gasteiger partial charge is 0.159 e. The Morgan fingerprint density at radius 2 is 1.86 bits per heavy atom. The van der Waals surface area contributed by atoms with Crippen LogP contribution >= 0.6 is 0 Å². The van der Waals surface area contributed by atoms with Crippen LogP contribution in [0.4, 0.5) is 10.1 Å². The summed E-state index contributed by atoms with van der Waals surface area (Å²) in [5.74, 6) is 0.577. The number of H-pyrrole nitrogens is 2. The van der Waals surface area contributed by atoms with Crippen LogP contribution < -0.4 is 5.32 Å². The molecular weight excluding hydrogens is 469 g/mol. The number of benzene rings is 2. The molecule has 0 saturated heterocycles. The summed E-state index contributed by atoms with van der Waals surface area (Å²) in [5, 5.41) is 21.9. The summed E-state index contributed by atoms with van der Waals surface area (Å²) in [6.07, 6.45) is 6.73. The maximum Gasteiger partial charge on any atom is 0.159 e. The van der Waals surface area contributed by atoms with Crippen molar-refractivity contribution in [1.82, 2.24) is 30.1 Å². The van der Waals surface area contributed by atoms with Gasteiger partial charge in [0, 0.05) is 34.8 Å². The first-order valence-corrected chi connectivity index (χ1v) is 12.1. The number of aromatic nitrogens is 6. The fraction of sp³-hybridized carbons (Fsp3) is 0.143. The van der Waals surface area contributed by atoms with Gasteiger partial charge in [-0.15, -0.1) is 0 Å². The summed E-state index contributed by atoms with van der Waals surface area (Å²) in [5.41, 5.74) is 6.89. The van der Waals surface area contributed by atoms with Crippen molar-refractivity contribution in [3.05, 3.63) is 79.0 Å². The average Bonchev–Trinajstić information content (AvgIpc) is 3.55. The fourth-order valence-corrected chi connectivity index (χ4v) is 4.65. The summed E-state index contributed by atoms with van der Waals surface area (Å²) in [6.45, 7) is 0. The van der Waals surface area contributed by atoms with Crippen LogP contribution in [0.25, 0.3) is 55.8 Å². The van der Waals surface area contributed by atoms with Crippen LogP contribution in [-0.2, 0) is 0 Å². The van der Waals surface area contributed by atoms with Crippen molar-refractivity contribution >= 4 is 27.6 Å². The topological polar surface area (TPSA) is 115 Å². The summed E-state index contributed by atoms with van der Waals surface area (Å²) in [6, 6.07) is 16.2. The Labute approximate surface area is 210 Å². The third-order valence-corrected chi connectivity index (χ3v) is 6.74. The molecule has 37 heavy (non-hydrogen) atoms. The van der Waals surface area contributed by atoms with Gasteiger partial charge < -0.3 is 15.4 Å². The lowest BCUT2D eigenvalue weighted by atomic mass is 10.0. The molecule has 0 aliphatic heterocycles. The van der Waals surface area contributed by atoms with E-state index in [1.54, 1.807) is 24.7 Å². The minimum absolute atomic E-state index is 0.314. The van der Waals surface area contributed by atoms with Crippen LogP contribution in [0.15, 0.2) is 73.2 Å². The molecule has 1 saturated carbocycles. The highest BCUT2D eigenvalue weighted by molar-refractivity contribution is 5.97. The number of aliphatic hydroxyl groups is 1. The molecule has 182 valence electrons. The second kappa shape index (κ2) is 8.49. The van der Waals surface area contributed by atoms with E-state index >= 15 is 0 Å². The highest BCUT2D eigenvalue weighted by Gasteiger charge is 2.29. The van der Waals surface area contributed by atoms with Crippen molar-refractivity contribution in [2.24, 2.45) is 5.92 Å². The van der Waals surface area contributed by atoms with E-state index in [2.05, 4.69) is 30.5 Å². The monoisotopic (exact) mass is 491 g/mol. The van der Waals surface area contributed by atoms with Gasteiger partial charge in [-0.1, -0.05) is 18.2 Å². The third-order valence-electron chi connectivity index (χ3n) is 6.74. The SMILES string of the molecule is OC(Nc1cncc(-c2ccc3[nH]nc(-c4nc5c(-c6cccc(F)c6)nccc5[nH]4)c3c2)c1)C1CC1. The van der Waals surface area contributed by atoms with Crippen LogP contribution in [-0.4, -0.2) is 41.5 Å². The second-order valence-electron chi connectivity index (χ2n) is 9.37. The van der Waals surface area contributed by atoms with Gasteiger partial charge in [0.15, 0.2) is 5.82 Å². The van der Waals surface area contributed by atoms with Crippen molar-refractivity contribution in [2.75, 3.05) is 5.32 Å². The van der Waals surface area contributed by atoms with Gasteiger partial charge in [-0.3, -0.25) is 15.1 Å². The Bertz CT molecular complexity index is 1770. The Kier molecular flexibility index (Phi) is 4.97. The number of nitrogens with zero attached hydrogens (tertiary/aromatic N) is 4. The number of aromatic amines is 2. The maximum atomic E-state index is 13.9. The number of fused-ring (bicyclic) bond motifs is 2. The van der Waals surface area contributed by atoms with E-state index in [4.69, 9.17) is 4.98 Å². The summed E-state index contributed by atoms with van der Waals surface area (Å²) >= 11 is 0. The first kappa shape index (κ1) is 21.6. The second-order valence-corrected chi connectivity index (χ2v) is 9.37. The summed E-state index contributed by atoms with van der Waals surface area (Å²) in [4.78, 5) is 17.0. The van der Waals surface area contributed by atoms with E-state index in [-0.39, 0.29) is 5.82 Å². The van der Waals surface area contributed by atoms with Crippen LogP contribution in [0.5, 0.6) is 0 Å². The molecule has 6 aromatic rings. The minimum atomic E-state index is -0.556. The van der Waals surface area contributed by atoms with Crippen molar-refractivity contribution in [3.8, 4) is 33.9 Å². The van der Waals surface area contributed by atoms with Crippen molar-refractivity contribution in [1.29, 1.82) is 0 Å². The molecule has 1 aliphatic rings. The zero-order valence-corrected chi connectivity index (χ0v) is 19.6. The fourth-order valence-electron chi connectivity index (χ4n) is 4.65. The Hall–Kier alpha value is -4.63. The van der Waals surface area contributed by atoms with Gasteiger partial charge in [0.2, 0.25) is 0 Å². The highest BCUT2D eigenvalue weighted by Crippen LogP contribution is 2.35. The van der Waals surface area contributed by atoms with Crippen molar-refractivity contribution in [2.45, 2.75) is 19.1 Å². The van der Waals surface area contributed by atoms with Gasteiger partial charge in [-0.05, 0) is 54.8 Å². The first-order valence-electron chi connectivity index (χ1n) is 12.1. The van der Waals surface area contributed by atoms with E-state index in [1.165, 1.54) is 12.1 Å². The molecule has 1 fully saturated rings. The molecule has 1 aliphatic carbocycles. The van der Waals surface area contributed by atoms with E-state index in [0.717, 1.165) is 46.1 Å². The van der Waals surface area contributed by atoms with Gasteiger partial charge in [0.1, 0.15) is 23.3 Å². The normalized spacial score (nSPS) is 14.3. The molecular formula is C28H22FN7O. The summed E-state index contributed by atoms with van der Waals surface area (Å²) in [7, 11) is 0. The standard InChI is InChI=1S/C28H22FN7O/c29-19-3-1-2-17(10-19)24-26-23(8-9-31-24)33-27(34-26)25-21-12-16(6-7-22(21)35-36-25)18-11-20(14-30-13-18)32-28(37)15-4-5-15/h1-3,6-15,28,32,37H,4-5H2,(H,33,34)(H,35,36). The van der Waals surface area contributed by atoms with Crippen molar-refractivity contribution in [3.63, 3.8) is 0 Å². The summed E-state index contributed by atoms with van der Waals surface area (Å²) < 4.78 is 13.9. The minimum Gasteiger partial charge on any atom is -0.374 e. The number of nitrogens with one attached hydrogen (secondary N) is 3. The molecule has 0 bridgehead atoms. The van der Waals surface area contributed by atoms with Gasteiger partial charge in [0.25, 0.3) is 0 Å². The lowest BCUT2D eigenvalue weighted by molar-refractivity contribution is 0.180. The van der Waals surface area contributed by atoms with Crippen LogP contribution in [0.2, 0.25) is 0 Å². The lowest BCUT2D eigenvalue weighted by Crippen LogP contribution is -2.20. The van der Waals surface area contributed by atoms with Crippen molar-refractivity contribution < 1.29 is 9.50 Å². The quantitative estimate of drug-likeness (QED) is 0.228.